The van der Waals surface area contributed by atoms with Crippen molar-refractivity contribution in [2.45, 2.75) is 19.4 Å². The molecule has 0 bridgehead atoms. The van der Waals surface area contributed by atoms with E-state index in [1.807, 2.05) is 55.5 Å². The first-order chi connectivity index (χ1) is 13.5. The van der Waals surface area contributed by atoms with Crippen LogP contribution in [0.4, 0.5) is 5.69 Å². The van der Waals surface area contributed by atoms with Gasteiger partial charge in [0, 0.05) is 16.3 Å². The van der Waals surface area contributed by atoms with Crippen LogP contribution < -0.4 is 10.6 Å². The zero-order valence-electron chi connectivity index (χ0n) is 15.5. The molecule has 0 aliphatic carbocycles. The highest BCUT2D eigenvalue weighted by molar-refractivity contribution is 6.30. The van der Waals surface area contributed by atoms with Gasteiger partial charge in [-0.1, -0.05) is 60.1 Å². The largest absolute Gasteiger partial charge is 0.345 e. The lowest BCUT2D eigenvalue weighted by Gasteiger charge is -2.19. The van der Waals surface area contributed by atoms with E-state index in [4.69, 9.17) is 11.6 Å². The van der Waals surface area contributed by atoms with E-state index in [1.165, 1.54) is 0 Å². The predicted molar refractivity (Wildman–Crippen MR) is 113 cm³/mol. The molecule has 0 aromatic heterocycles. The number of benzene rings is 3. The Hall–Kier alpha value is -3.11. The second-order valence-electron chi connectivity index (χ2n) is 6.51. The summed E-state index contributed by atoms with van der Waals surface area (Å²) in [4.78, 5) is 25.3. The number of anilines is 1. The van der Waals surface area contributed by atoms with E-state index in [2.05, 4.69) is 10.6 Å². The molecule has 0 aliphatic heterocycles. The number of nitrogens with one attached hydrogen (secondary N) is 2. The van der Waals surface area contributed by atoms with Gasteiger partial charge in [-0.15, -0.1) is 0 Å². The van der Waals surface area contributed by atoms with Gasteiger partial charge in [-0.2, -0.15) is 0 Å². The van der Waals surface area contributed by atoms with Crippen LogP contribution >= 0.6 is 11.6 Å². The molecule has 1 atom stereocenters. The zero-order chi connectivity index (χ0) is 19.9. The molecule has 0 radical (unpaired) electrons. The minimum absolute atomic E-state index is 0.116. The lowest BCUT2D eigenvalue weighted by atomic mass is 10.0. The van der Waals surface area contributed by atoms with Crippen molar-refractivity contribution in [3.8, 4) is 0 Å². The van der Waals surface area contributed by atoms with Crippen LogP contribution in [0.1, 0.15) is 33.9 Å². The van der Waals surface area contributed by atoms with Crippen LogP contribution in [0, 0.1) is 6.92 Å². The van der Waals surface area contributed by atoms with Crippen molar-refractivity contribution in [1.29, 1.82) is 0 Å². The Morgan fingerprint density at radius 2 is 1.57 bits per heavy atom. The average molecular weight is 393 g/mol. The van der Waals surface area contributed by atoms with E-state index in [0.717, 1.165) is 11.1 Å². The lowest BCUT2D eigenvalue weighted by molar-refractivity contribution is -0.116. The van der Waals surface area contributed by atoms with Crippen molar-refractivity contribution >= 4 is 29.1 Å². The first kappa shape index (κ1) is 19.6. The van der Waals surface area contributed by atoms with Crippen molar-refractivity contribution in [2.75, 3.05) is 5.32 Å². The van der Waals surface area contributed by atoms with Crippen LogP contribution in [0.3, 0.4) is 0 Å². The average Bonchev–Trinajstić information content (AvgIpc) is 2.71. The number of carbonyl (C=O) groups is 2. The van der Waals surface area contributed by atoms with Gasteiger partial charge in [-0.25, -0.2) is 0 Å². The Morgan fingerprint density at radius 1 is 0.929 bits per heavy atom. The topological polar surface area (TPSA) is 58.2 Å². The quantitative estimate of drug-likeness (QED) is 0.609. The lowest BCUT2D eigenvalue weighted by Crippen LogP contribution is -2.31. The number of hydrogen-bond acceptors (Lipinski definition) is 2. The van der Waals surface area contributed by atoms with Crippen molar-refractivity contribution in [2.24, 2.45) is 0 Å². The SMILES string of the molecule is Cc1cc(Cl)ccc1NC(=O)CC(NC(=O)c1ccccc1)c1ccccc1. The molecule has 0 spiro atoms. The monoisotopic (exact) mass is 392 g/mol. The molecule has 28 heavy (non-hydrogen) atoms. The minimum atomic E-state index is -0.443. The smallest absolute Gasteiger partial charge is 0.251 e. The molecule has 0 heterocycles. The highest BCUT2D eigenvalue weighted by Gasteiger charge is 2.19. The molecule has 0 aliphatic rings. The Morgan fingerprint density at radius 3 is 2.21 bits per heavy atom. The fourth-order valence-corrected chi connectivity index (χ4v) is 3.15. The minimum Gasteiger partial charge on any atom is -0.345 e. The van der Waals surface area contributed by atoms with E-state index in [0.29, 0.717) is 16.3 Å². The summed E-state index contributed by atoms with van der Waals surface area (Å²) in [5.74, 6) is -0.405. The molecule has 0 saturated carbocycles. The fourth-order valence-electron chi connectivity index (χ4n) is 2.92. The van der Waals surface area contributed by atoms with Gasteiger partial charge in [0.25, 0.3) is 5.91 Å². The molecule has 0 saturated heterocycles. The Bertz CT molecular complexity index is 959. The summed E-state index contributed by atoms with van der Waals surface area (Å²) in [6.45, 7) is 1.88. The summed E-state index contributed by atoms with van der Waals surface area (Å²) in [5, 5.41) is 6.49. The van der Waals surface area contributed by atoms with E-state index in [-0.39, 0.29) is 18.2 Å². The zero-order valence-corrected chi connectivity index (χ0v) is 16.2. The van der Waals surface area contributed by atoms with Gasteiger partial charge in [-0.3, -0.25) is 9.59 Å². The Labute approximate surface area is 169 Å². The van der Waals surface area contributed by atoms with Crippen LogP contribution in [0.25, 0.3) is 0 Å². The summed E-state index contributed by atoms with van der Waals surface area (Å²) in [7, 11) is 0. The maximum absolute atomic E-state index is 12.7. The molecule has 3 aromatic rings. The maximum Gasteiger partial charge on any atom is 0.251 e. The maximum atomic E-state index is 12.7. The van der Waals surface area contributed by atoms with Gasteiger partial charge < -0.3 is 10.6 Å². The number of rotatable bonds is 6. The molecule has 0 fully saturated rings. The fraction of sp³-hybridized carbons (Fsp3) is 0.130. The summed E-state index contributed by atoms with van der Waals surface area (Å²) < 4.78 is 0. The van der Waals surface area contributed by atoms with Gasteiger partial charge in [0.1, 0.15) is 0 Å². The Kier molecular flexibility index (Phi) is 6.45. The molecule has 1 unspecified atom stereocenters. The molecular weight excluding hydrogens is 372 g/mol. The second kappa shape index (κ2) is 9.20. The summed E-state index contributed by atoms with van der Waals surface area (Å²) in [6.07, 6.45) is 0.116. The van der Waals surface area contributed by atoms with Crippen molar-refractivity contribution in [3.05, 3.63) is 101 Å². The molecule has 3 aromatic carbocycles. The first-order valence-corrected chi connectivity index (χ1v) is 9.37. The molecule has 3 rings (SSSR count). The molecule has 2 N–H and O–H groups in total. The number of carbonyl (C=O) groups excluding carboxylic acids is 2. The van der Waals surface area contributed by atoms with Gasteiger partial charge in [-0.05, 0) is 48.4 Å². The second-order valence-corrected chi connectivity index (χ2v) is 6.95. The van der Waals surface area contributed by atoms with Gasteiger partial charge >= 0.3 is 0 Å². The van der Waals surface area contributed by atoms with Gasteiger partial charge in [0.05, 0.1) is 12.5 Å². The number of amides is 2. The third kappa shape index (κ3) is 5.21. The van der Waals surface area contributed by atoms with Crippen molar-refractivity contribution in [1.82, 2.24) is 5.32 Å². The highest BCUT2D eigenvalue weighted by Crippen LogP contribution is 2.22. The van der Waals surface area contributed by atoms with Crippen molar-refractivity contribution in [3.63, 3.8) is 0 Å². The van der Waals surface area contributed by atoms with Crippen LogP contribution in [0.15, 0.2) is 78.9 Å². The summed E-state index contributed by atoms with van der Waals surface area (Å²) in [6, 6.07) is 23.3. The van der Waals surface area contributed by atoms with Crippen LogP contribution in [-0.2, 0) is 4.79 Å². The molecule has 142 valence electrons. The molecule has 4 nitrogen and oxygen atoms in total. The summed E-state index contributed by atoms with van der Waals surface area (Å²) in [5.41, 5.74) is 3.01. The van der Waals surface area contributed by atoms with Gasteiger partial charge in [0.15, 0.2) is 0 Å². The van der Waals surface area contributed by atoms with E-state index >= 15 is 0 Å². The van der Waals surface area contributed by atoms with E-state index in [1.54, 1.807) is 30.3 Å². The summed E-state index contributed by atoms with van der Waals surface area (Å²) >= 11 is 5.97. The van der Waals surface area contributed by atoms with E-state index < -0.39 is 6.04 Å². The van der Waals surface area contributed by atoms with Crippen LogP contribution in [0.2, 0.25) is 5.02 Å². The van der Waals surface area contributed by atoms with Crippen molar-refractivity contribution < 1.29 is 9.59 Å². The third-order valence-corrected chi connectivity index (χ3v) is 4.63. The van der Waals surface area contributed by atoms with Crippen LogP contribution in [-0.4, -0.2) is 11.8 Å². The van der Waals surface area contributed by atoms with Gasteiger partial charge in [0.2, 0.25) is 5.91 Å². The number of aryl methyl sites for hydroxylation is 1. The van der Waals surface area contributed by atoms with Crippen LogP contribution in [0.5, 0.6) is 0 Å². The van der Waals surface area contributed by atoms with E-state index in [9.17, 15) is 9.59 Å². The Balaban J connectivity index is 1.75. The number of hydrogen-bond donors (Lipinski definition) is 2. The normalized spacial score (nSPS) is 11.5. The molecular formula is C23H21ClN2O2. The molecule has 2 amide bonds. The third-order valence-electron chi connectivity index (χ3n) is 4.40. The first-order valence-electron chi connectivity index (χ1n) is 9.00. The molecule has 5 heteroatoms. The standard InChI is InChI=1S/C23H21ClN2O2/c1-16-14-19(24)12-13-20(16)25-22(27)15-21(17-8-4-2-5-9-17)26-23(28)18-10-6-3-7-11-18/h2-14,21H,15H2,1H3,(H,25,27)(H,26,28). The number of halogens is 1. The highest BCUT2D eigenvalue weighted by atomic mass is 35.5. The predicted octanol–water partition coefficient (Wildman–Crippen LogP) is 5.15.